The summed E-state index contributed by atoms with van der Waals surface area (Å²) in [6.07, 6.45) is 0. The fourth-order valence-electron chi connectivity index (χ4n) is 1.85. The molecule has 0 fully saturated rings. The Morgan fingerprint density at radius 3 is 2.60 bits per heavy atom. The highest BCUT2D eigenvalue weighted by Gasteiger charge is 2.11. The first-order chi connectivity index (χ1) is 9.74. The zero-order valence-electron chi connectivity index (χ0n) is 11.7. The molecule has 1 N–H and O–H groups in total. The van der Waals surface area contributed by atoms with Crippen molar-refractivity contribution in [3.63, 3.8) is 0 Å². The van der Waals surface area contributed by atoms with E-state index >= 15 is 0 Å². The summed E-state index contributed by atoms with van der Waals surface area (Å²) >= 11 is 0. The van der Waals surface area contributed by atoms with Gasteiger partial charge in [0.05, 0.1) is 7.11 Å². The van der Waals surface area contributed by atoms with Crippen LogP contribution < -0.4 is 14.8 Å². The molecule has 0 aliphatic heterocycles. The van der Waals surface area contributed by atoms with Gasteiger partial charge in [-0.15, -0.1) is 0 Å². The van der Waals surface area contributed by atoms with Crippen LogP contribution in [0.1, 0.15) is 12.5 Å². The normalized spacial score (nSPS) is 10.3. The number of halogens is 1. The van der Waals surface area contributed by atoms with E-state index in [9.17, 15) is 4.39 Å². The Morgan fingerprint density at radius 1 is 1.10 bits per heavy atom. The van der Waals surface area contributed by atoms with Crippen LogP contribution >= 0.6 is 0 Å². The fraction of sp³-hybridized carbons (Fsp3) is 0.250. The highest BCUT2D eigenvalue weighted by molar-refractivity contribution is 5.41. The van der Waals surface area contributed by atoms with Crippen LogP contribution in [-0.4, -0.2) is 13.7 Å². The van der Waals surface area contributed by atoms with E-state index in [4.69, 9.17) is 9.47 Å². The molecular formula is C16H18FNO2. The molecule has 2 aromatic carbocycles. The van der Waals surface area contributed by atoms with Crippen LogP contribution in [0.15, 0.2) is 42.5 Å². The van der Waals surface area contributed by atoms with Crippen molar-refractivity contribution in [1.29, 1.82) is 0 Å². The van der Waals surface area contributed by atoms with Crippen LogP contribution in [0.3, 0.4) is 0 Å². The molecule has 20 heavy (non-hydrogen) atoms. The van der Waals surface area contributed by atoms with Gasteiger partial charge >= 0.3 is 0 Å². The predicted molar refractivity (Wildman–Crippen MR) is 76.8 cm³/mol. The maximum atomic E-state index is 14.0. The lowest BCUT2D eigenvalue weighted by Crippen LogP contribution is -2.12. The number of benzene rings is 2. The quantitative estimate of drug-likeness (QED) is 0.871. The van der Waals surface area contributed by atoms with Crippen LogP contribution in [0, 0.1) is 5.82 Å². The fourth-order valence-corrected chi connectivity index (χ4v) is 1.85. The van der Waals surface area contributed by atoms with Crippen LogP contribution in [-0.2, 0) is 6.54 Å². The Hall–Kier alpha value is -2.07. The van der Waals surface area contributed by atoms with Crippen molar-refractivity contribution in [2.45, 2.75) is 13.5 Å². The number of hydrogen-bond acceptors (Lipinski definition) is 3. The molecule has 2 aromatic rings. The lowest BCUT2D eigenvalue weighted by molar-refractivity contribution is 0.403. The van der Waals surface area contributed by atoms with Crippen LogP contribution in [0.5, 0.6) is 17.2 Å². The lowest BCUT2D eigenvalue weighted by Gasteiger charge is -2.13. The Bertz CT molecular complexity index is 572. The van der Waals surface area contributed by atoms with Gasteiger partial charge in [0.1, 0.15) is 11.5 Å². The molecule has 0 saturated heterocycles. The van der Waals surface area contributed by atoms with Crippen molar-refractivity contribution in [3.8, 4) is 17.2 Å². The van der Waals surface area contributed by atoms with Crippen molar-refractivity contribution in [2.75, 3.05) is 13.7 Å². The van der Waals surface area contributed by atoms with E-state index in [2.05, 4.69) is 5.32 Å². The van der Waals surface area contributed by atoms with E-state index in [0.717, 1.165) is 12.1 Å². The summed E-state index contributed by atoms with van der Waals surface area (Å²) in [7, 11) is 1.58. The van der Waals surface area contributed by atoms with Gasteiger partial charge in [0, 0.05) is 18.2 Å². The summed E-state index contributed by atoms with van der Waals surface area (Å²) in [4.78, 5) is 0. The first kappa shape index (κ1) is 14.3. The van der Waals surface area contributed by atoms with E-state index in [-0.39, 0.29) is 11.6 Å². The SMILES string of the molecule is CCNCc1cccc(F)c1Oc1cccc(OC)c1. The van der Waals surface area contributed by atoms with Gasteiger partial charge in [-0.3, -0.25) is 0 Å². The van der Waals surface area contributed by atoms with E-state index in [0.29, 0.717) is 18.0 Å². The molecule has 0 spiro atoms. The summed E-state index contributed by atoms with van der Waals surface area (Å²) in [6.45, 7) is 3.38. The third kappa shape index (κ3) is 3.48. The Balaban J connectivity index is 2.27. The Kier molecular flexibility index (Phi) is 4.96. The van der Waals surface area contributed by atoms with Gasteiger partial charge in [-0.25, -0.2) is 4.39 Å². The van der Waals surface area contributed by atoms with Gasteiger partial charge < -0.3 is 14.8 Å². The molecule has 0 saturated carbocycles. The topological polar surface area (TPSA) is 30.5 Å². The second kappa shape index (κ2) is 6.91. The van der Waals surface area contributed by atoms with Crippen molar-refractivity contribution in [2.24, 2.45) is 0 Å². The monoisotopic (exact) mass is 275 g/mol. The average Bonchev–Trinajstić information content (AvgIpc) is 2.48. The summed E-state index contributed by atoms with van der Waals surface area (Å²) in [5, 5.41) is 3.17. The lowest BCUT2D eigenvalue weighted by atomic mass is 10.2. The van der Waals surface area contributed by atoms with Crippen LogP contribution in [0.4, 0.5) is 4.39 Å². The Morgan fingerprint density at radius 2 is 1.85 bits per heavy atom. The van der Waals surface area contributed by atoms with Crippen molar-refractivity contribution >= 4 is 0 Å². The van der Waals surface area contributed by atoms with Gasteiger partial charge in [0.25, 0.3) is 0 Å². The third-order valence-corrected chi connectivity index (χ3v) is 2.88. The minimum absolute atomic E-state index is 0.252. The summed E-state index contributed by atoms with van der Waals surface area (Å²) in [5.74, 6) is 1.10. The predicted octanol–water partition coefficient (Wildman–Crippen LogP) is 3.74. The summed E-state index contributed by atoms with van der Waals surface area (Å²) in [5.41, 5.74) is 0.787. The van der Waals surface area contributed by atoms with Gasteiger partial charge in [-0.05, 0) is 24.7 Å². The maximum absolute atomic E-state index is 14.0. The molecule has 0 aromatic heterocycles. The zero-order chi connectivity index (χ0) is 14.4. The number of rotatable bonds is 6. The molecule has 0 amide bonds. The zero-order valence-corrected chi connectivity index (χ0v) is 11.7. The van der Waals surface area contributed by atoms with E-state index in [1.54, 1.807) is 31.4 Å². The van der Waals surface area contributed by atoms with Crippen molar-refractivity contribution in [1.82, 2.24) is 5.32 Å². The van der Waals surface area contributed by atoms with Crippen molar-refractivity contribution in [3.05, 3.63) is 53.8 Å². The van der Waals surface area contributed by atoms with Gasteiger partial charge in [0.15, 0.2) is 11.6 Å². The molecule has 0 bridgehead atoms. The first-order valence-electron chi connectivity index (χ1n) is 6.54. The number of hydrogen-bond donors (Lipinski definition) is 1. The molecule has 3 nitrogen and oxygen atoms in total. The molecular weight excluding hydrogens is 257 g/mol. The molecule has 0 radical (unpaired) electrons. The van der Waals surface area contributed by atoms with Gasteiger partial charge in [-0.2, -0.15) is 0 Å². The van der Waals surface area contributed by atoms with Crippen LogP contribution in [0.2, 0.25) is 0 Å². The Labute approximate surface area is 118 Å². The summed E-state index contributed by atoms with van der Waals surface area (Å²) < 4.78 is 24.8. The second-order valence-corrected chi connectivity index (χ2v) is 4.29. The maximum Gasteiger partial charge on any atom is 0.167 e. The number of nitrogens with one attached hydrogen (secondary N) is 1. The molecule has 0 heterocycles. The standard InChI is InChI=1S/C16H18FNO2/c1-3-18-11-12-6-4-9-15(17)16(12)20-14-8-5-7-13(10-14)19-2/h4-10,18H,3,11H2,1-2H3. The third-order valence-electron chi connectivity index (χ3n) is 2.88. The van der Waals surface area contributed by atoms with E-state index < -0.39 is 0 Å². The number of ether oxygens (including phenoxy) is 2. The van der Waals surface area contributed by atoms with Crippen molar-refractivity contribution < 1.29 is 13.9 Å². The average molecular weight is 275 g/mol. The first-order valence-corrected chi connectivity index (χ1v) is 6.54. The minimum Gasteiger partial charge on any atom is -0.497 e. The largest absolute Gasteiger partial charge is 0.497 e. The summed E-state index contributed by atoms with van der Waals surface area (Å²) in [6, 6.07) is 12.0. The van der Waals surface area contributed by atoms with Gasteiger partial charge in [-0.1, -0.05) is 25.1 Å². The number of para-hydroxylation sites is 1. The van der Waals surface area contributed by atoms with E-state index in [1.807, 2.05) is 19.1 Å². The van der Waals surface area contributed by atoms with Gasteiger partial charge in [0.2, 0.25) is 0 Å². The molecule has 2 rings (SSSR count). The minimum atomic E-state index is -0.372. The molecule has 106 valence electrons. The molecule has 0 atom stereocenters. The molecule has 0 aliphatic rings. The highest BCUT2D eigenvalue weighted by atomic mass is 19.1. The molecule has 4 heteroatoms. The highest BCUT2D eigenvalue weighted by Crippen LogP contribution is 2.30. The van der Waals surface area contributed by atoms with Crippen LogP contribution in [0.25, 0.3) is 0 Å². The van der Waals surface area contributed by atoms with E-state index in [1.165, 1.54) is 6.07 Å². The molecule has 0 aliphatic carbocycles. The number of methoxy groups -OCH3 is 1. The second-order valence-electron chi connectivity index (χ2n) is 4.29. The smallest absolute Gasteiger partial charge is 0.167 e. The molecule has 0 unspecified atom stereocenters.